The molecule has 0 spiro atoms. The molecule has 0 N–H and O–H groups in total. The second-order valence-electron chi connectivity index (χ2n) is 2.26. The van der Waals surface area contributed by atoms with E-state index in [2.05, 4.69) is 33.5 Å². The maximum absolute atomic E-state index is 4.23. The highest BCUT2D eigenvalue weighted by Gasteiger charge is 1.97. The first-order valence-electron chi connectivity index (χ1n) is 3.55. The van der Waals surface area contributed by atoms with Crippen LogP contribution in [-0.4, -0.2) is 10.7 Å². The van der Waals surface area contributed by atoms with Gasteiger partial charge in [0.2, 0.25) is 0 Å². The number of nitrogens with zero attached hydrogens (tertiary/aromatic N) is 1. The third-order valence-electron chi connectivity index (χ3n) is 1.41. The highest BCUT2D eigenvalue weighted by atomic mass is 79.9. The summed E-state index contributed by atoms with van der Waals surface area (Å²) in [4.78, 5) is 4.23. The van der Waals surface area contributed by atoms with Crippen LogP contribution >= 0.6 is 28.6 Å². The van der Waals surface area contributed by atoms with Gasteiger partial charge >= 0.3 is 0 Å². The maximum Gasteiger partial charge on any atom is 0.0545 e. The van der Waals surface area contributed by atoms with Crippen molar-refractivity contribution in [2.45, 2.75) is 12.8 Å². The van der Waals surface area contributed by atoms with Crippen LogP contribution in [0.4, 0.5) is 0 Å². The first kappa shape index (κ1) is 9.07. The van der Waals surface area contributed by atoms with E-state index in [1.807, 2.05) is 18.3 Å². The molecule has 0 saturated carbocycles. The van der Waals surface area contributed by atoms with Gasteiger partial charge in [-0.1, -0.05) is 0 Å². The fraction of sp³-hybridized carbons (Fsp3) is 0.375. The highest BCUT2D eigenvalue weighted by molar-refractivity contribution is 9.10. The van der Waals surface area contributed by atoms with E-state index in [0.29, 0.717) is 0 Å². The van der Waals surface area contributed by atoms with E-state index in [9.17, 15) is 0 Å². The Kier molecular flexibility index (Phi) is 3.94. The molecular formula is C8H10BrNS. The summed E-state index contributed by atoms with van der Waals surface area (Å²) in [5.41, 5.74) is 1.13. The Hall–Kier alpha value is -0.0200. The van der Waals surface area contributed by atoms with Gasteiger partial charge in [-0.3, -0.25) is 4.98 Å². The molecule has 0 aliphatic carbocycles. The molecule has 1 heterocycles. The summed E-state index contributed by atoms with van der Waals surface area (Å²) < 4.78 is 1.10. The molecule has 3 heteroatoms. The van der Waals surface area contributed by atoms with Gasteiger partial charge < -0.3 is 0 Å². The molecule has 60 valence electrons. The molecular weight excluding hydrogens is 222 g/mol. The van der Waals surface area contributed by atoms with Crippen molar-refractivity contribution in [3.63, 3.8) is 0 Å². The zero-order chi connectivity index (χ0) is 8.10. The number of aromatic nitrogens is 1. The van der Waals surface area contributed by atoms with Gasteiger partial charge in [0.1, 0.15) is 0 Å². The van der Waals surface area contributed by atoms with Gasteiger partial charge in [-0.05, 0) is 46.7 Å². The zero-order valence-electron chi connectivity index (χ0n) is 6.13. The van der Waals surface area contributed by atoms with Crippen molar-refractivity contribution in [1.29, 1.82) is 0 Å². The molecule has 0 aromatic carbocycles. The summed E-state index contributed by atoms with van der Waals surface area (Å²) >= 11 is 7.58. The molecule has 11 heavy (non-hydrogen) atoms. The Morgan fingerprint density at radius 2 is 2.36 bits per heavy atom. The largest absolute Gasteiger partial charge is 0.260 e. The number of hydrogen-bond donors (Lipinski definition) is 1. The lowest BCUT2D eigenvalue weighted by molar-refractivity contribution is 0.887. The Morgan fingerprint density at radius 3 is 3.00 bits per heavy atom. The van der Waals surface area contributed by atoms with Crippen molar-refractivity contribution in [3.05, 3.63) is 28.5 Å². The summed E-state index contributed by atoms with van der Waals surface area (Å²) in [7, 11) is 0. The molecule has 1 nitrogen and oxygen atoms in total. The van der Waals surface area contributed by atoms with Crippen LogP contribution in [-0.2, 0) is 6.42 Å². The second-order valence-corrected chi connectivity index (χ2v) is 3.56. The lowest BCUT2D eigenvalue weighted by Gasteiger charge is -1.99. The highest BCUT2D eigenvalue weighted by Crippen LogP contribution is 2.14. The van der Waals surface area contributed by atoms with Crippen LogP contribution in [0.5, 0.6) is 0 Å². The minimum atomic E-state index is 0.920. The molecule has 1 aromatic heterocycles. The normalized spacial score (nSPS) is 10.0. The Labute approximate surface area is 80.8 Å². The molecule has 0 radical (unpaired) electrons. The predicted molar refractivity (Wildman–Crippen MR) is 54.1 cm³/mol. The van der Waals surface area contributed by atoms with Crippen LogP contribution in [0, 0.1) is 0 Å². The Bertz CT molecular complexity index is 227. The minimum absolute atomic E-state index is 0.920. The monoisotopic (exact) mass is 231 g/mol. The van der Waals surface area contributed by atoms with Crippen LogP contribution in [0.2, 0.25) is 0 Å². The van der Waals surface area contributed by atoms with Gasteiger partial charge in [-0.25, -0.2) is 0 Å². The summed E-state index contributed by atoms with van der Waals surface area (Å²) in [5, 5.41) is 0. The summed E-state index contributed by atoms with van der Waals surface area (Å²) in [5.74, 6) is 0.920. The van der Waals surface area contributed by atoms with Crippen LogP contribution in [0.15, 0.2) is 22.8 Å². The number of rotatable bonds is 3. The third-order valence-corrected chi connectivity index (χ3v) is 2.44. The van der Waals surface area contributed by atoms with Crippen molar-refractivity contribution in [2.75, 3.05) is 5.75 Å². The van der Waals surface area contributed by atoms with Gasteiger partial charge in [0.15, 0.2) is 0 Å². The van der Waals surface area contributed by atoms with Crippen LogP contribution < -0.4 is 0 Å². The van der Waals surface area contributed by atoms with Gasteiger partial charge in [0, 0.05) is 10.7 Å². The van der Waals surface area contributed by atoms with Gasteiger partial charge in [0.05, 0.1) is 5.69 Å². The van der Waals surface area contributed by atoms with E-state index in [-0.39, 0.29) is 0 Å². The minimum Gasteiger partial charge on any atom is -0.260 e. The Morgan fingerprint density at radius 1 is 1.55 bits per heavy atom. The molecule has 0 saturated heterocycles. The zero-order valence-corrected chi connectivity index (χ0v) is 8.61. The van der Waals surface area contributed by atoms with Gasteiger partial charge in [0.25, 0.3) is 0 Å². The summed E-state index contributed by atoms with van der Waals surface area (Å²) in [6.07, 6.45) is 3.91. The quantitative estimate of drug-likeness (QED) is 0.790. The smallest absolute Gasteiger partial charge is 0.0545 e. The lowest BCUT2D eigenvalue weighted by atomic mass is 10.2. The molecule has 0 unspecified atom stereocenters. The van der Waals surface area contributed by atoms with Crippen LogP contribution in [0.3, 0.4) is 0 Å². The average molecular weight is 232 g/mol. The predicted octanol–water partition coefficient (Wildman–Crippen LogP) is 2.71. The van der Waals surface area contributed by atoms with E-state index >= 15 is 0 Å². The van der Waals surface area contributed by atoms with Crippen molar-refractivity contribution < 1.29 is 0 Å². The molecule has 0 bridgehead atoms. The number of hydrogen-bond acceptors (Lipinski definition) is 2. The van der Waals surface area contributed by atoms with E-state index in [1.54, 1.807) is 0 Å². The summed E-state index contributed by atoms with van der Waals surface area (Å²) in [6, 6.07) is 3.94. The number of thiol groups is 1. The van der Waals surface area contributed by atoms with Crippen LogP contribution in [0.1, 0.15) is 12.1 Å². The molecule has 0 atom stereocenters. The van der Waals surface area contributed by atoms with Crippen molar-refractivity contribution in [3.8, 4) is 0 Å². The SMILES string of the molecule is SCCCc1ncccc1Br. The number of halogens is 1. The van der Waals surface area contributed by atoms with E-state index in [1.165, 1.54) is 0 Å². The average Bonchev–Trinajstić information content (AvgIpc) is 2.03. The summed E-state index contributed by atoms with van der Waals surface area (Å²) in [6.45, 7) is 0. The molecule has 1 aromatic rings. The van der Waals surface area contributed by atoms with Crippen molar-refractivity contribution in [1.82, 2.24) is 4.98 Å². The van der Waals surface area contributed by atoms with Gasteiger partial charge in [-0.15, -0.1) is 0 Å². The number of aryl methyl sites for hydroxylation is 1. The standard InChI is InChI=1S/C8H10BrNS/c9-7-3-1-5-10-8(7)4-2-6-11/h1,3,5,11H,2,4,6H2. The molecule has 0 fully saturated rings. The van der Waals surface area contributed by atoms with E-state index in [4.69, 9.17) is 0 Å². The Balaban J connectivity index is 2.62. The fourth-order valence-corrected chi connectivity index (χ4v) is 1.46. The first-order chi connectivity index (χ1) is 5.34. The van der Waals surface area contributed by atoms with Gasteiger partial charge in [-0.2, -0.15) is 12.6 Å². The lowest BCUT2D eigenvalue weighted by Crippen LogP contribution is -1.91. The topological polar surface area (TPSA) is 12.9 Å². The second kappa shape index (κ2) is 4.78. The number of pyridine rings is 1. The third kappa shape index (κ3) is 2.83. The molecule has 0 aliphatic heterocycles. The molecule has 0 aliphatic rings. The first-order valence-corrected chi connectivity index (χ1v) is 4.97. The fourth-order valence-electron chi connectivity index (χ4n) is 0.849. The molecule has 1 rings (SSSR count). The van der Waals surface area contributed by atoms with E-state index < -0.39 is 0 Å². The molecule has 0 amide bonds. The van der Waals surface area contributed by atoms with Crippen LogP contribution in [0.25, 0.3) is 0 Å². The maximum atomic E-state index is 4.23. The van der Waals surface area contributed by atoms with E-state index in [0.717, 1.165) is 28.8 Å². The van der Waals surface area contributed by atoms with Crippen molar-refractivity contribution in [2.24, 2.45) is 0 Å². The van der Waals surface area contributed by atoms with Crippen molar-refractivity contribution >= 4 is 28.6 Å².